The Hall–Kier alpha value is -0.690. The molecule has 0 aliphatic heterocycles. The first-order valence-electron chi connectivity index (χ1n) is 20.3. The summed E-state index contributed by atoms with van der Waals surface area (Å²) in [5, 5.41) is 43.5. The summed E-state index contributed by atoms with van der Waals surface area (Å²) in [5.41, 5.74) is 0. The highest BCUT2D eigenvalue weighted by molar-refractivity contribution is 5.80. The van der Waals surface area contributed by atoms with Crippen molar-refractivity contribution >= 4 is 5.91 Å². The lowest BCUT2D eigenvalue weighted by atomic mass is 9.99. The molecule has 6 heteroatoms. The van der Waals surface area contributed by atoms with Gasteiger partial charge in [0.05, 0.1) is 18.8 Å². The molecule has 0 aromatic carbocycles. The normalized spacial score (nSPS) is 14.4. The van der Waals surface area contributed by atoms with Crippen molar-refractivity contribution in [3.05, 3.63) is 0 Å². The van der Waals surface area contributed by atoms with E-state index in [2.05, 4.69) is 26.1 Å². The van der Waals surface area contributed by atoms with Gasteiger partial charge in [-0.05, 0) is 18.8 Å². The van der Waals surface area contributed by atoms with Crippen LogP contribution in [0.15, 0.2) is 0 Å². The van der Waals surface area contributed by atoms with Crippen LogP contribution < -0.4 is 5.32 Å². The van der Waals surface area contributed by atoms with Gasteiger partial charge in [-0.15, -0.1) is 0 Å². The Balaban J connectivity index is 3.71. The molecule has 6 nitrogen and oxygen atoms in total. The zero-order chi connectivity index (χ0) is 34.1. The lowest BCUT2D eigenvalue weighted by Crippen LogP contribution is -2.53. The van der Waals surface area contributed by atoms with Gasteiger partial charge in [-0.1, -0.05) is 201 Å². The molecule has 0 saturated heterocycles. The average Bonchev–Trinajstić information content (AvgIpc) is 3.04. The molecule has 0 aliphatic rings. The van der Waals surface area contributed by atoms with Gasteiger partial charge in [0.25, 0.3) is 0 Å². The standard InChI is InChI=1S/C40H81NO5/c1-4-5-6-7-8-9-10-11-12-13-14-15-16-17-18-19-24-27-30-33-38(44)40(46)41-36(34-42)39(45)37(43)32-29-26-23-21-20-22-25-28-31-35(2)3/h35-39,42-45H,4-34H2,1-3H3,(H,41,46)/t36-,37+,38+,39-/m0/s1. The fraction of sp³-hybridized carbons (Fsp3) is 0.975. The van der Waals surface area contributed by atoms with Gasteiger partial charge in [0.1, 0.15) is 12.2 Å². The van der Waals surface area contributed by atoms with Crippen molar-refractivity contribution < 1.29 is 25.2 Å². The third-order valence-corrected chi connectivity index (χ3v) is 9.75. The quantitative estimate of drug-likeness (QED) is 0.0432. The Morgan fingerprint density at radius 1 is 0.500 bits per heavy atom. The molecule has 0 spiro atoms. The molecule has 46 heavy (non-hydrogen) atoms. The topological polar surface area (TPSA) is 110 Å². The number of hydrogen-bond donors (Lipinski definition) is 5. The molecule has 0 aliphatic carbocycles. The van der Waals surface area contributed by atoms with Crippen molar-refractivity contribution in [2.24, 2.45) is 5.92 Å². The van der Waals surface area contributed by atoms with Crippen molar-refractivity contribution in [2.45, 2.75) is 238 Å². The van der Waals surface area contributed by atoms with Gasteiger partial charge in [0.15, 0.2) is 0 Å². The largest absolute Gasteiger partial charge is 0.394 e. The van der Waals surface area contributed by atoms with E-state index in [0.717, 1.165) is 44.4 Å². The monoisotopic (exact) mass is 656 g/mol. The van der Waals surface area contributed by atoms with Crippen molar-refractivity contribution in [3.8, 4) is 0 Å². The van der Waals surface area contributed by atoms with Crippen LogP contribution in [0.4, 0.5) is 0 Å². The predicted molar refractivity (Wildman–Crippen MR) is 196 cm³/mol. The molecule has 1 amide bonds. The summed E-state index contributed by atoms with van der Waals surface area (Å²) in [6, 6.07) is -0.979. The maximum atomic E-state index is 12.5. The highest BCUT2D eigenvalue weighted by Crippen LogP contribution is 2.17. The van der Waals surface area contributed by atoms with Gasteiger partial charge in [0.2, 0.25) is 5.91 Å². The molecule has 0 radical (unpaired) electrons. The fourth-order valence-electron chi connectivity index (χ4n) is 6.47. The number of unbranched alkanes of at least 4 members (excludes halogenated alkanes) is 25. The summed E-state index contributed by atoms with van der Waals surface area (Å²) in [4.78, 5) is 12.5. The van der Waals surface area contributed by atoms with E-state index in [9.17, 15) is 25.2 Å². The van der Waals surface area contributed by atoms with Crippen LogP contribution in [0.3, 0.4) is 0 Å². The number of amides is 1. The van der Waals surface area contributed by atoms with Crippen molar-refractivity contribution in [1.29, 1.82) is 0 Å². The van der Waals surface area contributed by atoms with Gasteiger partial charge < -0.3 is 25.7 Å². The molecule has 0 bridgehead atoms. The van der Waals surface area contributed by atoms with E-state index in [4.69, 9.17) is 0 Å². The minimum atomic E-state index is -1.25. The highest BCUT2D eigenvalue weighted by Gasteiger charge is 2.28. The smallest absolute Gasteiger partial charge is 0.249 e. The lowest BCUT2D eigenvalue weighted by Gasteiger charge is -2.27. The molecule has 0 unspecified atom stereocenters. The second-order valence-electron chi connectivity index (χ2n) is 14.8. The van der Waals surface area contributed by atoms with Crippen molar-refractivity contribution in [3.63, 3.8) is 0 Å². The van der Waals surface area contributed by atoms with Crippen LogP contribution in [0.5, 0.6) is 0 Å². The SMILES string of the molecule is CCCCCCCCCCCCCCCCCCCCC[C@@H](O)C(=O)N[C@@H](CO)[C@H](O)[C@H](O)CCCCCCCCCCC(C)C. The predicted octanol–water partition coefficient (Wildman–Crippen LogP) is 9.93. The molecule has 5 N–H and O–H groups in total. The Labute approximate surface area is 286 Å². The molecule has 0 aromatic rings. The summed E-state index contributed by atoms with van der Waals surface area (Å²) in [6.07, 6.45) is 32.8. The van der Waals surface area contributed by atoms with E-state index < -0.39 is 36.9 Å². The first kappa shape index (κ1) is 45.3. The Morgan fingerprint density at radius 2 is 0.826 bits per heavy atom. The van der Waals surface area contributed by atoms with E-state index in [1.165, 1.54) is 141 Å². The van der Waals surface area contributed by atoms with E-state index in [1.807, 2.05) is 0 Å². The molecule has 4 atom stereocenters. The molecular weight excluding hydrogens is 574 g/mol. The van der Waals surface area contributed by atoms with Gasteiger partial charge in [0, 0.05) is 0 Å². The van der Waals surface area contributed by atoms with Crippen LogP contribution in [0.25, 0.3) is 0 Å². The third-order valence-electron chi connectivity index (χ3n) is 9.75. The van der Waals surface area contributed by atoms with Crippen LogP contribution in [0.2, 0.25) is 0 Å². The van der Waals surface area contributed by atoms with Crippen molar-refractivity contribution in [1.82, 2.24) is 5.32 Å². The van der Waals surface area contributed by atoms with E-state index in [-0.39, 0.29) is 0 Å². The minimum Gasteiger partial charge on any atom is -0.394 e. The van der Waals surface area contributed by atoms with Crippen LogP contribution in [-0.2, 0) is 4.79 Å². The van der Waals surface area contributed by atoms with Crippen LogP contribution in [-0.4, -0.2) is 57.3 Å². The first-order chi connectivity index (χ1) is 22.3. The number of aliphatic hydroxyl groups excluding tert-OH is 4. The summed E-state index contributed by atoms with van der Waals surface area (Å²) in [7, 11) is 0. The number of carbonyl (C=O) groups excluding carboxylic acids is 1. The lowest BCUT2D eigenvalue weighted by molar-refractivity contribution is -0.132. The molecule has 276 valence electrons. The average molecular weight is 656 g/mol. The first-order valence-corrected chi connectivity index (χ1v) is 20.3. The van der Waals surface area contributed by atoms with Crippen LogP contribution in [0.1, 0.15) is 213 Å². The second-order valence-corrected chi connectivity index (χ2v) is 14.8. The summed E-state index contributed by atoms with van der Waals surface area (Å²) < 4.78 is 0. The third kappa shape index (κ3) is 29.4. The van der Waals surface area contributed by atoms with Gasteiger partial charge in [-0.25, -0.2) is 0 Å². The summed E-state index contributed by atoms with van der Waals surface area (Å²) >= 11 is 0. The Morgan fingerprint density at radius 3 is 1.17 bits per heavy atom. The van der Waals surface area contributed by atoms with Crippen LogP contribution in [0, 0.1) is 5.92 Å². The van der Waals surface area contributed by atoms with Gasteiger partial charge in [-0.2, -0.15) is 0 Å². The number of carbonyl (C=O) groups is 1. The van der Waals surface area contributed by atoms with Crippen molar-refractivity contribution in [2.75, 3.05) is 6.61 Å². The highest BCUT2D eigenvalue weighted by atomic mass is 16.3. The molecule has 0 aromatic heterocycles. The van der Waals surface area contributed by atoms with E-state index in [1.54, 1.807) is 0 Å². The van der Waals surface area contributed by atoms with E-state index in [0.29, 0.717) is 12.8 Å². The minimum absolute atomic E-state index is 0.374. The summed E-state index contributed by atoms with van der Waals surface area (Å²) in [5.74, 6) is 0.208. The second kappa shape index (κ2) is 34.2. The Bertz CT molecular complexity index is 631. The Kier molecular flexibility index (Phi) is 33.7. The van der Waals surface area contributed by atoms with Gasteiger partial charge >= 0.3 is 0 Å². The fourth-order valence-corrected chi connectivity index (χ4v) is 6.47. The summed E-state index contributed by atoms with van der Waals surface area (Å²) in [6.45, 7) is 6.34. The zero-order valence-electron chi connectivity index (χ0n) is 31.0. The molecule has 0 rings (SSSR count). The molecular formula is C40H81NO5. The van der Waals surface area contributed by atoms with Gasteiger partial charge in [-0.3, -0.25) is 4.79 Å². The molecule has 0 fully saturated rings. The number of nitrogens with one attached hydrogen (secondary N) is 1. The number of rotatable bonds is 36. The molecule has 0 heterocycles. The zero-order valence-corrected chi connectivity index (χ0v) is 31.0. The maximum Gasteiger partial charge on any atom is 0.249 e. The maximum absolute atomic E-state index is 12.5. The van der Waals surface area contributed by atoms with E-state index >= 15 is 0 Å². The molecule has 0 saturated carbocycles. The van der Waals surface area contributed by atoms with Crippen LogP contribution >= 0.6 is 0 Å². The number of hydrogen-bond acceptors (Lipinski definition) is 5. The number of aliphatic hydroxyl groups is 4.